The molecule has 1 aromatic carbocycles. The zero-order valence-corrected chi connectivity index (χ0v) is 9.42. The van der Waals surface area contributed by atoms with E-state index in [-0.39, 0.29) is 11.8 Å². The highest BCUT2D eigenvalue weighted by Crippen LogP contribution is 2.12. The Balaban J connectivity index is 1.96. The van der Waals surface area contributed by atoms with Crippen molar-refractivity contribution in [3.63, 3.8) is 0 Å². The van der Waals surface area contributed by atoms with Gasteiger partial charge in [0.05, 0.1) is 11.7 Å². The lowest BCUT2D eigenvalue weighted by Gasteiger charge is -2.03. The number of carbonyl (C=O) groups is 1. The third-order valence-electron chi connectivity index (χ3n) is 2.36. The number of carbonyl (C=O) groups excluding carboxylic acids is 1. The van der Waals surface area contributed by atoms with Gasteiger partial charge in [0.25, 0.3) is 0 Å². The molecule has 5 heteroatoms. The van der Waals surface area contributed by atoms with Gasteiger partial charge < -0.3 is 5.32 Å². The zero-order valence-electron chi connectivity index (χ0n) is 8.66. The van der Waals surface area contributed by atoms with Gasteiger partial charge in [-0.1, -0.05) is 12.1 Å². The lowest BCUT2D eigenvalue weighted by atomic mass is 10.1. The number of aromatic nitrogens is 2. The largest absolute Gasteiger partial charge is 0.355 e. The highest BCUT2D eigenvalue weighted by molar-refractivity contribution is 6.27. The average molecular weight is 238 g/mol. The first-order valence-corrected chi connectivity index (χ1v) is 5.58. The molecule has 0 saturated heterocycles. The quantitative estimate of drug-likeness (QED) is 0.791. The Labute approximate surface area is 98.0 Å². The fourth-order valence-electron chi connectivity index (χ4n) is 1.53. The van der Waals surface area contributed by atoms with Gasteiger partial charge >= 0.3 is 0 Å². The van der Waals surface area contributed by atoms with E-state index >= 15 is 0 Å². The van der Waals surface area contributed by atoms with Crippen LogP contribution in [0.3, 0.4) is 0 Å². The number of hydrogen-bond donors (Lipinski definition) is 2. The van der Waals surface area contributed by atoms with Crippen molar-refractivity contribution in [1.29, 1.82) is 0 Å². The van der Waals surface area contributed by atoms with Crippen molar-refractivity contribution in [2.75, 3.05) is 12.4 Å². The number of nitrogens with zero attached hydrogens (tertiary/aromatic N) is 1. The van der Waals surface area contributed by atoms with E-state index in [1.54, 1.807) is 6.20 Å². The molecule has 0 spiro atoms. The van der Waals surface area contributed by atoms with Crippen LogP contribution in [0, 0.1) is 0 Å². The first-order chi connectivity index (χ1) is 7.79. The maximum atomic E-state index is 10.9. The lowest BCUT2D eigenvalue weighted by molar-refractivity contribution is -0.118. The lowest BCUT2D eigenvalue weighted by Crippen LogP contribution is -2.26. The van der Waals surface area contributed by atoms with Crippen molar-refractivity contribution in [3.05, 3.63) is 30.0 Å². The SMILES string of the molecule is O=C(CCl)NCCc1ccc2cn[nH]c2c1. The Kier molecular flexibility index (Phi) is 3.41. The van der Waals surface area contributed by atoms with Crippen molar-refractivity contribution >= 4 is 28.4 Å². The van der Waals surface area contributed by atoms with E-state index in [4.69, 9.17) is 11.6 Å². The number of rotatable bonds is 4. The molecule has 0 unspecified atom stereocenters. The normalized spacial score (nSPS) is 10.6. The van der Waals surface area contributed by atoms with Crippen LogP contribution in [-0.4, -0.2) is 28.5 Å². The molecule has 0 aliphatic heterocycles. The van der Waals surface area contributed by atoms with Gasteiger partial charge in [0.15, 0.2) is 0 Å². The molecule has 16 heavy (non-hydrogen) atoms. The van der Waals surface area contributed by atoms with Crippen LogP contribution in [0.15, 0.2) is 24.4 Å². The minimum Gasteiger partial charge on any atom is -0.355 e. The minimum atomic E-state index is -0.135. The maximum Gasteiger partial charge on any atom is 0.234 e. The summed E-state index contributed by atoms with van der Waals surface area (Å²) in [6.07, 6.45) is 2.58. The van der Waals surface area contributed by atoms with E-state index in [0.717, 1.165) is 22.9 Å². The second kappa shape index (κ2) is 4.99. The van der Waals surface area contributed by atoms with E-state index in [2.05, 4.69) is 15.5 Å². The summed E-state index contributed by atoms with van der Waals surface area (Å²) >= 11 is 5.37. The summed E-state index contributed by atoms with van der Waals surface area (Å²) in [6.45, 7) is 0.602. The maximum absolute atomic E-state index is 10.9. The third-order valence-corrected chi connectivity index (χ3v) is 2.61. The molecular formula is C11H12ClN3O. The highest BCUT2D eigenvalue weighted by Gasteiger charge is 2.00. The van der Waals surface area contributed by atoms with Crippen LogP contribution in [0.4, 0.5) is 0 Å². The molecule has 0 saturated carbocycles. The van der Waals surface area contributed by atoms with Gasteiger partial charge in [0.2, 0.25) is 5.91 Å². The first-order valence-electron chi connectivity index (χ1n) is 5.04. The Morgan fingerprint density at radius 2 is 2.38 bits per heavy atom. The van der Waals surface area contributed by atoms with Crippen LogP contribution in [0.2, 0.25) is 0 Å². The molecule has 1 heterocycles. The number of halogens is 1. The summed E-state index contributed by atoms with van der Waals surface area (Å²) in [5.74, 6) is -0.121. The fraction of sp³-hybridized carbons (Fsp3) is 0.273. The highest BCUT2D eigenvalue weighted by atomic mass is 35.5. The van der Waals surface area contributed by atoms with Crippen molar-refractivity contribution < 1.29 is 4.79 Å². The summed E-state index contributed by atoms with van der Waals surface area (Å²) in [6, 6.07) is 6.08. The zero-order chi connectivity index (χ0) is 11.4. The van der Waals surface area contributed by atoms with Gasteiger partial charge in [-0.05, 0) is 18.1 Å². The van der Waals surface area contributed by atoms with Crippen molar-refractivity contribution in [2.24, 2.45) is 0 Å². The fourth-order valence-corrected chi connectivity index (χ4v) is 1.63. The van der Waals surface area contributed by atoms with Crippen molar-refractivity contribution in [1.82, 2.24) is 15.5 Å². The van der Waals surface area contributed by atoms with E-state index in [0.29, 0.717) is 6.54 Å². The summed E-state index contributed by atoms with van der Waals surface area (Å²) in [5.41, 5.74) is 2.17. The number of hydrogen-bond acceptors (Lipinski definition) is 2. The molecule has 2 N–H and O–H groups in total. The predicted octanol–water partition coefficient (Wildman–Crippen LogP) is 1.46. The number of aromatic amines is 1. The topological polar surface area (TPSA) is 57.8 Å². The molecule has 4 nitrogen and oxygen atoms in total. The molecule has 0 fully saturated rings. The van der Waals surface area contributed by atoms with Gasteiger partial charge in [0, 0.05) is 11.9 Å². The summed E-state index contributed by atoms with van der Waals surface area (Å²) in [4.78, 5) is 10.9. The average Bonchev–Trinajstić information content (AvgIpc) is 2.76. The smallest absolute Gasteiger partial charge is 0.234 e. The molecule has 2 aromatic rings. The molecule has 1 aromatic heterocycles. The Hall–Kier alpha value is -1.55. The molecule has 1 amide bonds. The van der Waals surface area contributed by atoms with E-state index in [9.17, 15) is 4.79 Å². The number of H-pyrrole nitrogens is 1. The Morgan fingerprint density at radius 1 is 1.50 bits per heavy atom. The third kappa shape index (κ3) is 2.52. The number of alkyl halides is 1. The van der Waals surface area contributed by atoms with Gasteiger partial charge in [-0.25, -0.2) is 0 Å². The van der Waals surface area contributed by atoms with Crippen LogP contribution in [0.1, 0.15) is 5.56 Å². The van der Waals surface area contributed by atoms with Crippen molar-refractivity contribution in [3.8, 4) is 0 Å². The molecule has 0 aliphatic carbocycles. The number of nitrogens with one attached hydrogen (secondary N) is 2. The van der Waals surface area contributed by atoms with Gasteiger partial charge in [0.1, 0.15) is 5.88 Å². The molecule has 0 aliphatic rings. The molecule has 2 rings (SSSR count). The Morgan fingerprint density at radius 3 is 3.19 bits per heavy atom. The second-order valence-corrected chi connectivity index (χ2v) is 3.79. The first kappa shape index (κ1) is 11.0. The van der Waals surface area contributed by atoms with Crippen LogP contribution in [0.5, 0.6) is 0 Å². The number of fused-ring (bicyclic) bond motifs is 1. The molecule has 84 valence electrons. The molecular weight excluding hydrogens is 226 g/mol. The predicted molar refractivity (Wildman–Crippen MR) is 63.5 cm³/mol. The van der Waals surface area contributed by atoms with Crippen LogP contribution < -0.4 is 5.32 Å². The molecule has 0 bridgehead atoms. The minimum absolute atomic E-state index is 0.0135. The summed E-state index contributed by atoms with van der Waals surface area (Å²) in [5, 5.41) is 10.7. The van der Waals surface area contributed by atoms with E-state index < -0.39 is 0 Å². The van der Waals surface area contributed by atoms with Crippen LogP contribution in [0.25, 0.3) is 10.9 Å². The van der Waals surface area contributed by atoms with E-state index in [1.807, 2.05) is 18.2 Å². The van der Waals surface area contributed by atoms with Gasteiger partial charge in [-0.15, -0.1) is 11.6 Å². The second-order valence-electron chi connectivity index (χ2n) is 3.53. The summed E-state index contributed by atoms with van der Waals surface area (Å²) < 4.78 is 0. The standard InChI is InChI=1S/C11H12ClN3O/c12-6-11(16)13-4-3-8-1-2-9-7-14-15-10(9)5-8/h1-2,5,7H,3-4,6H2,(H,13,16)(H,14,15). The summed E-state index contributed by atoms with van der Waals surface area (Å²) in [7, 11) is 0. The van der Waals surface area contributed by atoms with Gasteiger partial charge in [-0.2, -0.15) is 5.10 Å². The number of amides is 1. The van der Waals surface area contributed by atoms with Crippen molar-refractivity contribution in [2.45, 2.75) is 6.42 Å². The Bertz CT molecular complexity index is 495. The van der Waals surface area contributed by atoms with Gasteiger partial charge in [-0.3, -0.25) is 9.89 Å². The van der Waals surface area contributed by atoms with E-state index in [1.165, 1.54) is 0 Å². The monoisotopic (exact) mass is 237 g/mol. The molecule has 0 atom stereocenters. The number of benzene rings is 1. The molecule has 0 radical (unpaired) electrons. The van der Waals surface area contributed by atoms with Crippen LogP contribution in [-0.2, 0) is 11.2 Å². The van der Waals surface area contributed by atoms with Crippen LogP contribution >= 0.6 is 11.6 Å².